The van der Waals surface area contributed by atoms with Crippen molar-refractivity contribution in [3.8, 4) is 0 Å². The summed E-state index contributed by atoms with van der Waals surface area (Å²) in [6.45, 7) is 7.05. The highest BCUT2D eigenvalue weighted by atomic mass is 16.3. The van der Waals surface area contributed by atoms with Gasteiger partial charge in [0.1, 0.15) is 0 Å². The van der Waals surface area contributed by atoms with Crippen LogP contribution in [0.25, 0.3) is 0 Å². The lowest BCUT2D eigenvalue weighted by molar-refractivity contribution is -0.128. The van der Waals surface area contributed by atoms with Crippen LogP contribution in [0.1, 0.15) is 162 Å². The zero-order chi connectivity index (χ0) is 26.7. The molecule has 0 spiro atoms. The van der Waals surface area contributed by atoms with Crippen LogP contribution in [0.15, 0.2) is 0 Å². The number of aliphatic hydroxyl groups excluding tert-OH is 1. The molecule has 0 heterocycles. The summed E-state index contributed by atoms with van der Waals surface area (Å²) in [6.07, 6.45) is 24.0. The van der Waals surface area contributed by atoms with E-state index in [4.69, 9.17) is 0 Å². The summed E-state index contributed by atoms with van der Waals surface area (Å²) in [5.74, 6) is -0.999. The molecule has 0 radical (unpaired) electrons. The summed E-state index contributed by atoms with van der Waals surface area (Å²) in [6, 6.07) is 0. The second-order valence-electron chi connectivity index (χ2n) is 10.5. The van der Waals surface area contributed by atoms with Gasteiger partial charge in [-0.15, -0.1) is 0 Å². The summed E-state index contributed by atoms with van der Waals surface area (Å²) >= 11 is 0. The van der Waals surface area contributed by atoms with Crippen LogP contribution in [0.2, 0.25) is 0 Å². The molecule has 0 aliphatic rings. The van der Waals surface area contributed by atoms with Gasteiger partial charge in [0.2, 0.25) is 11.8 Å². The minimum atomic E-state index is -0.943. The van der Waals surface area contributed by atoms with Gasteiger partial charge in [0.25, 0.3) is 0 Å². The number of amides is 2. The normalized spacial score (nSPS) is 11.6. The molecule has 0 aromatic carbocycles. The highest BCUT2D eigenvalue weighted by Crippen LogP contribution is 2.13. The molecule has 0 aliphatic heterocycles. The minimum absolute atomic E-state index is 0.0281. The Morgan fingerprint density at radius 1 is 0.556 bits per heavy atom. The smallest absolute Gasteiger partial charge is 0.222 e. The van der Waals surface area contributed by atoms with Gasteiger partial charge in [-0.2, -0.15) is 0 Å². The topological polar surface area (TPSA) is 90.5 Å². The number of carbonyl (C=O) groups is 2. The van der Waals surface area contributed by atoms with E-state index in [1.54, 1.807) is 0 Å². The molecule has 0 rings (SSSR count). The van der Waals surface area contributed by atoms with Crippen LogP contribution in [0.3, 0.4) is 0 Å². The third-order valence-corrected chi connectivity index (χ3v) is 7.01. The molecule has 0 aliphatic carbocycles. The van der Waals surface area contributed by atoms with Crippen molar-refractivity contribution in [2.45, 2.75) is 168 Å². The first kappa shape index (κ1) is 34.9. The first-order valence-corrected chi connectivity index (χ1v) is 15.5. The Morgan fingerprint density at radius 3 is 1.25 bits per heavy atom. The molecule has 36 heavy (non-hydrogen) atoms. The average Bonchev–Trinajstić information content (AvgIpc) is 2.86. The lowest BCUT2D eigenvalue weighted by atomic mass is 10.1. The van der Waals surface area contributed by atoms with Crippen molar-refractivity contribution in [1.82, 2.24) is 16.0 Å². The number of nitrogens with one attached hydrogen (secondary N) is 3. The van der Waals surface area contributed by atoms with Crippen molar-refractivity contribution in [2.75, 3.05) is 13.2 Å². The van der Waals surface area contributed by atoms with E-state index in [9.17, 15) is 14.7 Å². The molecule has 0 saturated heterocycles. The minimum Gasteiger partial charge on any atom is -0.396 e. The monoisotopic (exact) mass is 511 g/mol. The molecule has 214 valence electrons. The number of aliphatic hydroxyl groups is 1. The highest BCUT2D eigenvalue weighted by molar-refractivity contribution is 5.80. The molecule has 6 nitrogen and oxygen atoms in total. The molecule has 0 fully saturated rings. The molecule has 2 amide bonds. The Hall–Kier alpha value is -1.14. The third-order valence-electron chi connectivity index (χ3n) is 7.01. The zero-order valence-corrected chi connectivity index (χ0v) is 24.2. The van der Waals surface area contributed by atoms with Crippen molar-refractivity contribution >= 4 is 11.8 Å². The van der Waals surface area contributed by atoms with Gasteiger partial charge < -0.3 is 15.7 Å². The molecular formula is C30H61N3O3. The fourth-order valence-electron chi connectivity index (χ4n) is 4.60. The number of rotatable bonds is 27. The van der Waals surface area contributed by atoms with E-state index < -0.39 is 5.79 Å². The average molecular weight is 512 g/mol. The molecular weight excluding hydrogens is 450 g/mol. The van der Waals surface area contributed by atoms with E-state index in [0.29, 0.717) is 32.2 Å². The molecule has 6 heteroatoms. The van der Waals surface area contributed by atoms with Gasteiger partial charge in [0.15, 0.2) is 5.79 Å². The molecule has 0 bridgehead atoms. The summed E-state index contributed by atoms with van der Waals surface area (Å²) < 4.78 is 0. The maximum Gasteiger partial charge on any atom is 0.222 e. The molecule has 0 aromatic rings. The molecule has 0 atom stereocenters. The summed E-state index contributed by atoms with van der Waals surface area (Å²) in [5, 5.41) is 18.6. The Kier molecular flexibility index (Phi) is 24.7. The van der Waals surface area contributed by atoms with Crippen molar-refractivity contribution < 1.29 is 14.7 Å². The molecule has 0 aromatic heterocycles. The van der Waals surface area contributed by atoms with E-state index in [2.05, 4.69) is 29.8 Å². The zero-order valence-electron chi connectivity index (χ0n) is 24.2. The number of unbranched alkanes of at least 4 members (excludes halogenated alkanes) is 16. The predicted molar refractivity (Wildman–Crippen MR) is 153 cm³/mol. The Bertz CT molecular complexity index is 478. The summed E-state index contributed by atoms with van der Waals surface area (Å²) in [4.78, 5) is 25.4. The van der Waals surface area contributed by atoms with Gasteiger partial charge in [0.05, 0.1) is 0 Å². The van der Waals surface area contributed by atoms with Crippen molar-refractivity contribution in [3.63, 3.8) is 0 Å². The van der Waals surface area contributed by atoms with Gasteiger partial charge >= 0.3 is 0 Å². The quantitative estimate of drug-likeness (QED) is 0.0699. The summed E-state index contributed by atoms with van der Waals surface area (Å²) in [5.41, 5.74) is 0. The van der Waals surface area contributed by atoms with E-state index >= 15 is 0 Å². The van der Waals surface area contributed by atoms with Crippen LogP contribution >= 0.6 is 0 Å². The number of carbonyl (C=O) groups excluding carboxylic acids is 2. The van der Waals surface area contributed by atoms with Crippen molar-refractivity contribution in [2.24, 2.45) is 0 Å². The lowest BCUT2D eigenvalue weighted by Gasteiger charge is -2.36. The van der Waals surface area contributed by atoms with E-state index in [1.807, 2.05) is 6.92 Å². The summed E-state index contributed by atoms with van der Waals surface area (Å²) in [7, 11) is 0. The molecule has 4 N–H and O–H groups in total. The molecule has 0 saturated carbocycles. The maximum absolute atomic E-state index is 12.7. The Labute approximate surface area is 223 Å². The third kappa shape index (κ3) is 21.0. The van der Waals surface area contributed by atoms with Gasteiger partial charge in [-0.25, -0.2) is 0 Å². The van der Waals surface area contributed by atoms with Crippen LogP contribution in [0, 0.1) is 0 Å². The largest absolute Gasteiger partial charge is 0.396 e. The predicted octanol–water partition coefficient (Wildman–Crippen LogP) is 7.10. The van der Waals surface area contributed by atoms with E-state index in [0.717, 1.165) is 25.7 Å². The van der Waals surface area contributed by atoms with E-state index in [1.165, 1.54) is 89.9 Å². The van der Waals surface area contributed by atoms with Gasteiger partial charge in [0, 0.05) is 32.4 Å². The van der Waals surface area contributed by atoms with Crippen LogP contribution in [-0.2, 0) is 9.59 Å². The Balaban J connectivity index is 4.33. The molecule has 0 unspecified atom stereocenters. The fourth-order valence-corrected chi connectivity index (χ4v) is 4.60. The van der Waals surface area contributed by atoms with Crippen LogP contribution in [-0.4, -0.2) is 35.9 Å². The van der Waals surface area contributed by atoms with Crippen molar-refractivity contribution in [3.05, 3.63) is 0 Å². The maximum atomic E-state index is 12.7. The van der Waals surface area contributed by atoms with Crippen LogP contribution in [0.4, 0.5) is 0 Å². The van der Waals surface area contributed by atoms with E-state index in [-0.39, 0.29) is 18.4 Å². The van der Waals surface area contributed by atoms with Crippen LogP contribution < -0.4 is 16.0 Å². The lowest BCUT2D eigenvalue weighted by Crippen LogP contribution is -2.69. The SMILES string of the molecule is CCCCCCCCCCCC(=O)NC(CC)(NCCCO)NC(=O)CCCCCCCCCCC. The highest BCUT2D eigenvalue weighted by Gasteiger charge is 2.30. The Morgan fingerprint density at radius 2 is 0.917 bits per heavy atom. The number of hydrogen-bond acceptors (Lipinski definition) is 4. The standard InChI is InChI=1S/C30H61N3O3/c1-4-7-9-11-13-15-17-19-21-24-28(35)32-30(6-3,31-26-23-27-34)33-29(36)25-22-20-18-16-14-12-10-8-5-2/h31,34H,4-27H2,1-3H3,(H,32,35)(H,33,36). The fraction of sp³-hybridized carbons (Fsp3) is 0.933. The van der Waals surface area contributed by atoms with Gasteiger partial charge in [-0.1, -0.05) is 124 Å². The van der Waals surface area contributed by atoms with Crippen molar-refractivity contribution in [1.29, 1.82) is 0 Å². The van der Waals surface area contributed by atoms with Gasteiger partial charge in [-0.05, 0) is 19.3 Å². The first-order chi connectivity index (χ1) is 17.5. The second-order valence-corrected chi connectivity index (χ2v) is 10.5. The second kappa shape index (κ2) is 25.5. The number of hydrogen-bond donors (Lipinski definition) is 4. The first-order valence-electron chi connectivity index (χ1n) is 15.5. The van der Waals surface area contributed by atoms with Gasteiger partial charge in [-0.3, -0.25) is 14.9 Å². The van der Waals surface area contributed by atoms with Crippen LogP contribution in [0.5, 0.6) is 0 Å².